The normalized spacial score (nSPS) is 11.3. The molecule has 0 radical (unpaired) electrons. The highest BCUT2D eigenvalue weighted by Crippen LogP contribution is 2.20. The molecular formula is C15H11NO. The Morgan fingerprint density at radius 3 is 2.71 bits per heavy atom. The van der Waals surface area contributed by atoms with Crippen molar-refractivity contribution >= 4 is 22.9 Å². The highest BCUT2D eigenvalue weighted by molar-refractivity contribution is 5.92. The van der Waals surface area contributed by atoms with Crippen LogP contribution < -0.4 is 0 Å². The number of rotatable bonds is 2. The van der Waals surface area contributed by atoms with E-state index < -0.39 is 0 Å². The van der Waals surface area contributed by atoms with Crippen molar-refractivity contribution < 1.29 is 4.42 Å². The fourth-order valence-electron chi connectivity index (χ4n) is 1.88. The summed E-state index contributed by atoms with van der Waals surface area (Å²) in [5.74, 6) is 0.762. The van der Waals surface area contributed by atoms with Crippen molar-refractivity contribution in [2.45, 2.75) is 0 Å². The molecule has 0 saturated heterocycles. The molecule has 0 fully saturated rings. The summed E-state index contributed by atoms with van der Waals surface area (Å²) < 4.78 is 5.17. The molecule has 0 aliphatic heterocycles. The second-order valence-corrected chi connectivity index (χ2v) is 3.81. The van der Waals surface area contributed by atoms with Crippen molar-refractivity contribution in [1.82, 2.24) is 4.98 Å². The maximum atomic E-state index is 5.17. The number of aromatic nitrogens is 1. The van der Waals surface area contributed by atoms with Gasteiger partial charge in [-0.2, -0.15) is 0 Å². The van der Waals surface area contributed by atoms with Crippen LogP contribution in [0.5, 0.6) is 0 Å². The Bertz CT molecular complexity index is 648. The molecule has 1 aromatic heterocycles. The highest BCUT2D eigenvalue weighted by atomic mass is 16.3. The van der Waals surface area contributed by atoms with E-state index in [1.54, 1.807) is 6.20 Å². The first-order valence-corrected chi connectivity index (χ1v) is 5.48. The Hall–Kier alpha value is -2.35. The molecule has 0 bridgehead atoms. The average molecular weight is 221 g/mol. The highest BCUT2D eigenvalue weighted by Gasteiger charge is 1.96. The maximum absolute atomic E-state index is 5.17. The Morgan fingerprint density at radius 2 is 1.82 bits per heavy atom. The largest absolute Gasteiger partial charge is 0.444 e. The Balaban J connectivity index is 2.06. The first kappa shape index (κ1) is 9.85. The van der Waals surface area contributed by atoms with E-state index in [1.165, 1.54) is 22.7 Å². The molecule has 2 heteroatoms. The summed E-state index contributed by atoms with van der Waals surface area (Å²) >= 11 is 0. The minimum absolute atomic E-state index is 0.762. The van der Waals surface area contributed by atoms with E-state index in [0.29, 0.717) is 0 Å². The van der Waals surface area contributed by atoms with E-state index in [4.69, 9.17) is 4.42 Å². The van der Waals surface area contributed by atoms with Gasteiger partial charge in [0.05, 0.1) is 6.20 Å². The van der Waals surface area contributed by atoms with Crippen LogP contribution >= 0.6 is 0 Å². The molecule has 2 aromatic carbocycles. The van der Waals surface area contributed by atoms with Crippen LogP contribution in [0, 0.1) is 0 Å². The molecule has 17 heavy (non-hydrogen) atoms. The van der Waals surface area contributed by atoms with Crippen LogP contribution in [0.25, 0.3) is 22.9 Å². The first-order valence-electron chi connectivity index (χ1n) is 5.48. The first-order chi connectivity index (χ1) is 8.43. The zero-order valence-electron chi connectivity index (χ0n) is 9.21. The molecule has 0 saturated carbocycles. The van der Waals surface area contributed by atoms with Gasteiger partial charge in [-0.05, 0) is 22.4 Å². The summed E-state index contributed by atoms with van der Waals surface area (Å²) in [5.41, 5.74) is 1.18. The van der Waals surface area contributed by atoms with Crippen molar-refractivity contribution in [3.8, 4) is 0 Å². The SMILES string of the molecule is C(=C\c1cccc2ccccc12)/c1cnco1. The van der Waals surface area contributed by atoms with Gasteiger partial charge in [0, 0.05) is 0 Å². The van der Waals surface area contributed by atoms with E-state index in [0.717, 1.165) is 5.76 Å². The van der Waals surface area contributed by atoms with Crippen molar-refractivity contribution in [2.75, 3.05) is 0 Å². The monoisotopic (exact) mass is 221 g/mol. The number of hydrogen-bond donors (Lipinski definition) is 0. The minimum Gasteiger partial charge on any atom is -0.444 e. The molecule has 2 nitrogen and oxygen atoms in total. The van der Waals surface area contributed by atoms with Gasteiger partial charge in [-0.25, -0.2) is 4.98 Å². The van der Waals surface area contributed by atoms with Gasteiger partial charge in [0.15, 0.2) is 6.39 Å². The van der Waals surface area contributed by atoms with E-state index >= 15 is 0 Å². The topological polar surface area (TPSA) is 26.0 Å². The standard InChI is InChI=1S/C15H11NO/c1-2-7-15-12(4-1)5-3-6-13(15)8-9-14-10-16-11-17-14/h1-11H/b9-8+. The van der Waals surface area contributed by atoms with Crippen LogP contribution in [0.15, 0.2) is 59.5 Å². The number of fused-ring (bicyclic) bond motifs is 1. The predicted octanol–water partition coefficient (Wildman–Crippen LogP) is 4.00. The van der Waals surface area contributed by atoms with Crippen molar-refractivity contribution in [3.05, 3.63) is 66.4 Å². The zero-order chi connectivity index (χ0) is 11.5. The van der Waals surface area contributed by atoms with Crippen molar-refractivity contribution in [2.24, 2.45) is 0 Å². The van der Waals surface area contributed by atoms with Crippen LogP contribution in [0.2, 0.25) is 0 Å². The van der Waals surface area contributed by atoms with Crippen LogP contribution in [0.3, 0.4) is 0 Å². The lowest BCUT2D eigenvalue weighted by molar-refractivity contribution is 0.548. The van der Waals surface area contributed by atoms with E-state index in [1.807, 2.05) is 24.3 Å². The summed E-state index contributed by atoms with van der Waals surface area (Å²) in [7, 11) is 0. The van der Waals surface area contributed by atoms with Gasteiger partial charge in [0.25, 0.3) is 0 Å². The molecule has 0 atom stereocenters. The van der Waals surface area contributed by atoms with E-state index in [-0.39, 0.29) is 0 Å². The van der Waals surface area contributed by atoms with Crippen LogP contribution in [0.1, 0.15) is 11.3 Å². The average Bonchev–Trinajstić information content (AvgIpc) is 2.89. The van der Waals surface area contributed by atoms with E-state index in [9.17, 15) is 0 Å². The smallest absolute Gasteiger partial charge is 0.181 e. The lowest BCUT2D eigenvalue weighted by atomic mass is 10.0. The minimum atomic E-state index is 0.762. The maximum Gasteiger partial charge on any atom is 0.181 e. The third-order valence-electron chi connectivity index (χ3n) is 2.70. The second kappa shape index (κ2) is 4.26. The number of oxazole rings is 1. The lowest BCUT2D eigenvalue weighted by Crippen LogP contribution is -1.77. The molecule has 1 heterocycles. The lowest BCUT2D eigenvalue weighted by Gasteiger charge is -2.00. The quantitative estimate of drug-likeness (QED) is 0.653. The molecule has 3 aromatic rings. The number of hydrogen-bond acceptors (Lipinski definition) is 2. The van der Waals surface area contributed by atoms with Crippen LogP contribution in [-0.2, 0) is 0 Å². The van der Waals surface area contributed by atoms with Crippen molar-refractivity contribution in [1.29, 1.82) is 0 Å². The van der Waals surface area contributed by atoms with Crippen molar-refractivity contribution in [3.63, 3.8) is 0 Å². The molecule has 0 aliphatic carbocycles. The van der Waals surface area contributed by atoms with Gasteiger partial charge in [0.2, 0.25) is 0 Å². The molecule has 0 N–H and O–H groups in total. The third-order valence-corrected chi connectivity index (χ3v) is 2.70. The summed E-state index contributed by atoms with van der Waals surface area (Å²) in [5, 5.41) is 2.48. The number of benzene rings is 2. The summed E-state index contributed by atoms with van der Waals surface area (Å²) in [6.07, 6.45) is 7.10. The summed E-state index contributed by atoms with van der Waals surface area (Å²) in [6.45, 7) is 0. The fourth-order valence-corrected chi connectivity index (χ4v) is 1.88. The van der Waals surface area contributed by atoms with Gasteiger partial charge in [-0.15, -0.1) is 0 Å². The van der Waals surface area contributed by atoms with Crippen LogP contribution in [-0.4, -0.2) is 4.98 Å². The molecule has 3 rings (SSSR count). The van der Waals surface area contributed by atoms with Gasteiger partial charge in [-0.1, -0.05) is 48.5 Å². The van der Waals surface area contributed by atoms with Gasteiger partial charge in [0.1, 0.15) is 5.76 Å². The molecule has 0 unspecified atom stereocenters. The Kier molecular flexibility index (Phi) is 2.47. The Labute approximate surface area is 99.2 Å². The summed E-state index contributed by atoms with van der Waals surface area (Å²) in [6, 6.07) is 14.6. The van der Waals surface area contributed by atoms with Gasteiger partial charge >= 0.3 is 0 Å². The fraction of sp³-hybridized carbons (Fsp3) is 0. The molecule has 82 valence electrons. The molecule has 0 spiro atoms. The molecular weight excluding hydrogens is 210 g/mol. The zero-order valence-corrected chi connectivity index (χ0v) is 9.21. The Morgan fingerprint density at radius 1 is 0.941 bits per heavy atom. The number of nitrogens with zero attached hydrogens (tertiary/aromatic N) is 1. The van der Waals surface area contributed by atoms with Gasteiger partial charge in [-0.3, -0.25) is 0 Å². The van der Waals surface area contributed by atoms with Gasteiger partial charge < -0.3 is 4.42 Å². The van der Waals surface area contributed by atoms with E-state index in [2.05, 4.69) is 35.3 Å². The molecule has 0 aliphatic rings. The second-order valence-electron chi connectivity index (χ2n) is 3.81. The predicted molar refractivity (Wildman–Crippen MR) is 69.4 cm³/mol. The molecule has 0 amide bonds. The summed E-state index contributed by atoms with van der Waals surface area (Å²) in [4.78, 5) is 3.88. The van der Waals surface area contributed by atoms with Crippen LogP contribution in [0.4, 0.5) is 0 Å². The third kappa shape index (κ3) is 1.97.